The summed E-state index contributed by atoms with van der Waals surface area (Å²) < 4.78 is 5.85. The van der Waals surface area contributed by atoms with Gasteiger partial charge in [0.05, 0.1) is 27.7 Å². The Labute approximate surface area is 229 Å². The Kier molecular flexibility index (Phi) is 5.49. The number of para-hydroxylation sites is 1. The molecule has 2 heterocycles. The van der Waals surface area contributed by atoms with Crippen LogP contribution in [0.5, 0.6) is 17.2 Å². The molecule has 0 spiro atoms. The summed E-state index contributed by atoms with van der Waals surface area (Å²) in [6, 6.07) is 5.61. The van der Waals surface area contributed by atoms with Crippen molar-refractivity contribution in [3.8, 4) is 17.2 Å². The Morgan fingerprint density at radius 3 is 2.67 bits per heavy atom. The van der Waals surface area contributed by atoms with E-state index in [-0.39, 0.29) is 45.6 Å². The number of ketones is 3. The molecule has 0 amide bonds. The number of aromatic amines is 1. The minimum Gasteiger partial charge on any atom is -0.507 e. The zero-order chi connectivity index (χ0) is 28.0. The lowest BCUT2D eigenvalue weighted by molar-refractivity contribution is -0.123. The number of rotatable bonds is 3. The van der Waals surface area contributed by atoms with E-state index in [9.17, 15) is 24.6 Å². The van der Waals surface area contributed by atoms with E-state index in [0.717, 1.165) is 35.9 Å². The van der Waals surface area contributed by atoms with Crippen LogP contribution in [0.25, 0.3) is 10.9 Å². The number of hydrogen-bond donors (Lipinski definition) is 4. The number of halogens is 1. The predicted molar refractivity (Wildman–Crippen MR) is 145 cm³/mol. The lowest BCUT2D eigenvalue weighted by Gasteiger charge is -2.30. The molecule has 200 valence electrons. The fraction of sp³-hybridized carbons (Fsp3) is 0.300. The molecule has 0 radical (unpaired) electrons. The summed E-state index contributed by atoms with van der Waals surface area (Å²) >= 11 is 6.44. The molecule has 1 aromatic heterocycles. The molecule has 4 N–H and O–H groups in total. The van der Waals surface area contributed by atoms with Gasteiger partial charge < -0.3 is 25.3 Å². The first-order chi connectivity index (χ1) is 18.5. The maximum Gasteiger partial charge on any atom is 0.194 e. The van der Waals surface area contributed by atoms with Gasteiger partial charge in [-0.1, -0.05) is 23.7 Å². The third kappa shape index (κ3) is 3.34. The van der Waals surface area contributed by atoms with Gasteiger partial charge in [-0.2, -0.15) is 0 Å². The molecule has 6 rings (SSSR count). The number of Topliss-reactive ketones (excluding diaryl/α,β-unsaturated/α-hetero) is 2. The molecule has 8 nitrogen and oxygen atoms in total. The number of aromatic hydroxyl groups is 2. The molecule has 0 bridgehead atoms. The zero-order valence-electron chi connectivity index (χ0n) is 21.9. The molecule has 3 aliphatic rings. The Hall–Kier alpha value is -4.04. The number of hydrogen-bond acceptors (Lipinski definition) is 7. The van der Waals surface area contributed by atoms with Crippen molar-refractivity contribution < 1.29 is 29.3 Å². The Balaban J connectivity index is 1.45. The normalized spacial score (nSPS) is 23.1. The van der Waals surface area contributed by atoms with E-state index in [4.69, 9.17) is 16.3 Å². The van der Waals surface area contributed by atoms with Crippen molar-refractivity contribution in [2.45, 2.75) is 58.4 Å². The number of carbonyl (C=O) groups is 3. The molecule has 2 unspecified atom stereocenters. The standard InChI is InChI=1S/C30H27ClN2O6/c1-12-26(36)22(14(3)34)28-23(27(12)37)30(4)20(39-28)11-19(35)21(29(30)38)13(2)32-18-10-6-8-16-15-7-5-9-17(31)24(15)33-25(16)18/h5,7,9,11,18,32-33,36-37H,6,8,10H2,1-4H3. The quantitative estimate of drug-likeness (QED) is 0.197. The molecule has 2 atom stereocenters. The Morgan fingerprint density at radius 1 is 1.21 bits per heavy atom. The minimum absolute atomic E-state index is 0.0112. The van der Waals surface area contributed by atoms with E-state index in [2.05, 4.69) is 10.3 Å². The van der Waals surface area contributed by atoms with Crippen molar-refractivity contribution in [1.29, 1.82) is 0 Å². The number of aromatic nitrogens is 1. The first kappa shape index (κ1) is 25.2. The number of benzene rings is 2. The van der Waals surface area contributed by atoms with Gasteiger partial charge >= 0.3 is 0 Å². The summed E-state index contributed by atoms with van der Waals surface area (Å²) in [5.41, 5.74) is 1.80. The second kappa shape index (κ2) is 8.48. The van der Waals surface area contributed by atoms with Crippen LogP contribution >= 0.6 is 11.6 Å². The lowest BCUT2D eigenvalue weighted by Crippen LogP contribution is -2.41. The average Bonchev–Trinajstić information content (AvgIpc) is 3.40. The second-order valence-electron chi connectivity index (χ2n) is 10.7. The van der Waals surface area contributed by atoms with Crippen molar-refractivity contribution in [3.05, 3.63) is 74.3 Å². The van der Waals surface area contributed by atoms with E-state index >= 15 is 0 Å². The number of ether oxygens (including phenoxy) is 1. The maximum atomic E-state index is 14.1. The highest BCUT2D eigenvalue weighted by Crippen LogP contribution is 2.57. The van der Waals surface area contributed by atoms with Crippen molar-refractivity contribution in [1.82, 2.24) is 10.3 Å². The first-order valence-electron chi connectivity index (χ1n) is 12.8. The monoisotopic (exact) mass is 546 g/mol. The number of fused-ring (bicyclic) bond motifs is 6. The van der Waals surface area contributed by atoms with Crippen molar-refractivity contribution in [2.75, 3.05) is 0 Å². The number of aryl methyl sites for hydroxylation is 1. The van der Waals surface area contributed by atoms with Crippen LogP contribution in [0.1, 0.15) is 72.4 Å². The lowest BCUT2D eigenvalue weighted by atomic mass is 9.70. The maximum absolute atomic E-state index is 14.1. The number of carbonyl (C=O) groups excluding carboxylic acids is 3. The summed E-state index contributed by atoms with van der Waals surface area (Å²) in [5, 5.41) is 26.7. The van der Waals surface area contributed by atoms with Crippen LogP contribution in [0.2, 0.25) is 5.02 Å². The van der Waals surface area contributed by atoms with Gasteiger partial charge in [0.2, 0.25) is 0 Å². The molecule has 1 aliphatic heterocycles. The van der Waals surface area contributed by atoms with E-state index in [0.29, 0.717) is 10.7 Å². The number of H-pyrrole nitrogens is 1. The van der Waals surface area contributed by atoms with E-state index in [1.165, 1.54) is 25.5 Å². The van der Waals surface area contributed by atoms with Crippen LogP contribution < -0.4 is 10.1 Å². The number of phenolic OH excluding ortho intramolecular Hbond substituents is 2. The SMILES string of the molecule is CC(=O)c1c(O)c(C)c(O)c2c1OC1=CC(=O)C(=C(C)NC3CCCc4c3[nH]c3c(Cl)cccc43)C(=O)C12C. The first-order valence-corrected chi connectivity index (χ1v) is 13.2. The van der Waals surface area contributed by atoms with Crippen molar-refractivity contribution in [2.24, 2.45) is 0 Å². The zero-order valence-corrected chi connectivity index (χ0v) is 22.7. The van der Waals surface area contributed by atoms with Crippen molar-refractivity contribution in [3.63, 3.8) is 0 Å². The van der Waals surface area contributed by atoms with Crippen LogP contribution in [-0.2, 0) is 21.4 Å². The summed E-state index contributed by atoms with van der Waals surface area (Å²) in [5.74, 6) is -2.44. The molecule has 3 aromatic rings. The summed E-state index contributed by atoms with van der Waals surface area (Å²) in [7, 11) is 0. The van der Waals surface area contributed by atoms with Gasteiger partial charge in [-0.3, -0.25) is 14.4 Å². The van der Waals surface area contributed by atoms with Gasteiger partial charge in [-0.25, -0.2) is 0 Å². The van der Waals surface area contributed by atoms with Gasteiger partial charge in [0.25, 0.3) is 0 Å². The number of phenols is 2. The third-order valence-electron chi connectivity index (χ3n) is 8.34. The molecule has 39 heavy (non-hydrogen) atoms. The van der Waals surface area contributed by atoms with Crippen LogP contribution in [-0.4, -0.2) is 32.5 Å². The summed E-state index contributed by atoms with van der Waals surface area (Å²) in [4.78, 5) is 43.3. The molecule has 9 heteroatoms. The molecule has 2 aromatic carbocycles. The molecule has 2 aliphatic carbocycles. The molecule has 0 saturated heterocycles. The van der Waals surface area contributed by atoms with Crippen LogP contribution in [0.15, 0.2) is 41.3 Å². The molecule has 0 saturated carbocycles. The fourth-order valence-corrected chi connectivity index (χ4v) is 6.51. The largest absolute Gasteiger partial charge is 0.507 e. The van der Waals surface area contributed by atoms with Gasteiger partial charge in [0.1, 0.15) is 34.0 Å². The highest BCUT2D eigenvalue weighted by atomic mass is 35.5. The third-order valence-corrected chi connectivity index (χ3v) is 8.66. The van der Waals surface area contributed by atoms with Gasteiger partial charge in [0.15, 0.2) is 17.3 Å². The number of nitrogens with one attached hydrogen (secondary N) is 2. The average molecular weight is 547 g/mol. The molecular formula is C30H27ClN2O6. The highest BCUT2D eigenvalue weighted by Gasteiger charge is 2.56. The summed E-state index contributed by atoms with van der Waals surface area (Å²) in [6.07, 6.45) is 3.83. The summed E-state index contributed by atoms with van der Waals surface area (Å²) in [6.45, 7) is 5.97. The Bertz CT molecular complexity index is 1730. The highest BCUT2D eigenvalue weighted by molar-refractivity contribution is 6.35. The molecule has 0 fully saturated rings. The smallest absolute Gasteiger partial charge is 0.194 e. The van der Waals surface area contributed by atoms with Crippen LogP contribution in [0.4, 0.5) is 0 Å². The van der Waals surface area contributed by atoms with E-state index in [1.807, 2.05) is 18.2 Å². The minimum atomic E-state index is -1.55. The van der Waals surface area contributed by atoms with Gasteiger partial charge in [-0.05, 0) is 58.6 Å². The van der Waals surface area contributed by atoms with Gasteiger partial charge in [-0.15, -0.1) is 0 Å². The predicted octanol–water partition coefficient (Wildman–Crippen LogP) is 5.37. The second-order valence-corrected chi connectivity index (χ2v) is 11.1. The fourth-order valence-electron chi connectivity index (χ4n) is 6.29. The topological polar surface area (TPSA) is 129 Å². The molecular weight excluding hydrogens is 520 g/mol. The van der Waals surface area contributed by atoms with Gasteiger partial charge in [0, 0.05) is 28.4 Å². The van der Waals surface area contributed by atoms with Crippen LogP contribution in [0, 0.1) is 6.92 Å². The van der Waals surface area contributed by atoms with Crippen LogP contribution in [0.3, 0.4) is 0 Å². The van der Waals surface area contributed by atoms with Crippen molar-refractivity contribution >= 4 is 39.9 Å². The number of allylic oxidation sites excluding steroid dienone is 4. The van der Waals surface area contributed by atoms with E-state index in [1.54, 1.807) is 13.8 Å². The van der Waals surface area contributed by atoms with E-state index < -0.39 is 28.5 Å². The Morgan fingerprint density at radius 2 is 1.95 bits per heavy atom.